The number of aromatic nitrogens is 2. The number of morpholine rings is 1. The zero-order valence-corrected chi connectivity index (χ0v) is 11.3. The van der Waals surface area contributed by atoms with Gasteiger partial charge in [0.15, 0.2) is 0 Å². The van der Waals surface area contributed by atoms with Crippen LogP contribution in [0.15, 0.2) is 4.52 Å². The van der Waals surface area contributed by atoms with E-state index in [0.717, 1.165) is 70.0 Å². The van der Waals surface area contributed by atoms with Crippen LogP contribution in [-0.4, -0.2) is 49.5 Å². The topological polar surface area (TPSA) is 63.4 Å². The number of ether oxygens (including phenoxy) is 1. The van der Waals surface area contributed by atoms with E-state index in [4.69, 9.17) is 9.26 Å². The molecule has 0 saturated carbocycles. The molecule has 1 unspecified atom stereocenters. The smallest absolute Gasteiger partial charge is 0.266 e. The first-order chi connectivity index (χ1) is 9.42. The van der Waals surface area contributed by atoms with Crippen molar-refractivity contribution in [2.75, 3.05) is 44.3 Å². The highest BCUT2D eigenvalue weighted by Gasteiger charge is 2.18. The minimum Gasteiger partial charge on any atom is -0.378 e. The second kappa shape index (κ2) is 6.34. The lowest BCUT2D eigenvalue weighted by atomic mass is 9.95. The summed E-state index contributed by atoms with van der Waals surface area (Å²) in [7, 11) is 0. The van der Waals surface area contributed by atoms with Gasteiger partial charge in [0.05, 0.1) is 13.2 Å². The summed E-state index contributed by atoms with van der Waals surface area (Å²) in [5.74, 6) is 2.25. The minimum atomic E-state index is 0.722. The lowest BCUT2D eigenvalue weighted by Crippen LogP contribution is -2.36. The van der Waals surface area contributed by atoms with E-state index >= 15 is 0 Å². The van der Waals surface area contributed by atoms with E-state index in [9.17, 15) is 0 Å². The van der Waals surface area contributed by atoms with Crippen LogP contribution in [0.25, 0.3) is 0 Å². The largest absolute Gasteiger partial charge is 0.378 e. The minimum absolute atomic E-state index is 0.722. The summed E-state index contributed by atoms with van der Waals surface area (Å²) >= 11 is 0. The molecular formula is C13H22N4O2. The Hall–Kier alpha value is -1.14. The third-order valence-electron chi connectivity index (χ3n) is 3.92. The normalized spacial score (nSPS) is 24.6. The van der Waals surface area contributed by atoms with Crippen molar-refractivity contribution >= 4 is 5.95 Å². The average molecular weight is 266 g/mol. The molecule has 19 heavy (non-hydrogen) atoms. The molecule has 1 aromatic heterocycles. The molecule has 0 bridgehead atoms. The second-order valence-electron chi connectivity index (χ2n) is 5.34. The Bertz CT molecular complexity index is 384. The number of hydrogen-bond donors (Lipinski definition) is 1. The predicted octanol–water partition coefficient (Wildman–Crippen LogP) is 0.838. The zero-order chi connectivity index (χ0) is 12.9. The fourth-order valence-corrected chi connectivity index (χ4v) is 2.74. The maximum absolute atomic E-state index is 5.34. The summed E-state index contributed by atoms with van der Waals surface area (Å²) in [6.07, 6.45) is 4.63. The summed E-state index contributed by atoms with van der Waals surface area (Å²) in [5, 5.41) is 7.51. The molecule has 0 radical (unpaired) electrons. The fraction of sp³-hybridized carbons (Fsp3) is 0.846. The number of nitrogens with zero attached hydrogens (tertiary/aromatic N) is 3. The number of nitrogens with one attached hydrogen (secondary N) is 1. The first kappa shape index (κ1) is 12.9. The van der Waals surface area contributed by atoms with E-state index in [2.05, 4.69) is 20.4 Å². The van der Waals surface area contributed by atoms with Crippen LogP contribution in [0, 0.1) is 5.92 Å². The third kappa shape index (κ3) is 3.45. The molecule has 1 N–H and O–H groups in total. The van der Waals surface area contributed by atoms with Crippen molar-refractivity contribution in [2.45, 2.75) is 25.7 Å². The Kier molecular flexibility index (Phi) is 4.30. The van der Waals surface area contributed by atoms with Gasteiger partial charge in [0.2, 0.25) is 5.89 Å². The Balaban J connectivity index is 1.49. The molecule has 0 amide bonds. The summed E-state index contributed by atoms with van der Waals surface area (Å²) in [6.45, 7) is 5.50. The molecule has 3 heterocycles. The van der Waals surface area contributed by atoms with Gasteiger partial charge < -0.3 is 19.5 Å². The van der Waals surface area contributed by atoms with Gasteiger partial charge in [-0.1, -0.05) is 0 Å². The maximum Gasteiger partial charge on any atom is 0.266 e. The molecule has 6 nitrogen and oxygen atoms in total. The lowest BCUT2D eigenvalue weighted by molar-refractivity contribution is 0.121. The predicted molar refractivity (Wildman–Crippen MR) is 71.2 cm³/mol. The van der Waals surface area contributed by atoms with Crippen molar-refractivity contribution < 1.29 is 9.26 Å². The summed E-state index contributed by atoms with van der Waals surface area (Å²) in [5.41, 5.74) is 0. The van der Waals surface area contributed by atoms with Gasteiger partial charge in [-0.3, -0.25) is 0 Å². The Morgan fingerprint density at radius 3 is 3.00 bits per heavy atom. The maximum atomic E-state index is 5.34. The van der Waals surface area contributed by atoms with Crippen LogP contribution in [0.5, 0.6) is 0 Å². The summed E-state index contributed by atoms with van der Waals surface area (Å²) < 4.78 is 10.7. The first-order valence-electron chi connectivity index (χ1n) is 7.28. The van der Waals surface area contributed by atoms with E-state index in [1.165, 1.54) is 12.8 Å². The van der Waals surface area contributed by atoms with Gasteiger partial charge in [-0.25, -0.2) is 0 Å². The molecule has 0 aliphatic carbocycles. The van der Waals surface area contributed by atoms with Crippen LogP contribution >= 0.6 is 0 Å². The molecule has 2 saturated heterocycles. The van der Waals surface area contributed by atoms with Crippen molar-refractivity contribution in [1.82, 2.24) is 15.5 Å². The van der Waals surface area contributed by atoms with E-state index in [0.29, 0.717) is 0 Å². The van der Waals surface area contributed by atoms with Crippen LogP contribution in [0.3, 0.4) is 0 Å². The highest BCUT2D eigenvalue weighted by molar-refractivity contribution is 5.27. The van der Waals surface area contributed by atoms with Crippen molar-refractivity contribution in [3.8, 4) is 0 Å². The quantitative estimate of drug-likeness (QED) is 0.871. The van der Waals surface area contributed by atoms with Gasteiger partial charge in [0, 0.05) is 19.5 Å². The Morgan fingerprint density at radius 2 is 2.21 bits per heavy atom. The molecule has 0 aromatic carbocycles. The van der Waals surface area contributed by atoms with Crippen LogP contribution in [0.1, 0.15) is 25.2 Å². The van der Waals surface area contributed by atoms with E-state index in [-0.39, 0.29) is 0 Å². The van der Waals surface area contributed by atoms with Gasteiger partial charge in [-0.05, 0) is 43.4 Å². The van der Waals surface area contributed by atoms with Crippen LogP contribution < -0.4 is 10.2 Å². The van der Waals surface area contributed by atoms with Crippen LogP contribution in [0.4, 0.5) is 5.95 Å². The summed E-state index contributed by atoms with van der Waals surface area (Å²) in [6, 6.07) is 0. The molecule has 2 fully saturated rings. The number of aryl methyl sites for hydroxylation is 1. The fourth-order valence-electron chi connectivity index (χ4n) is 2.74. The van der Waals surface area contributed by atoms with E-state index < -0.39 is 0 Å². The van der Waals surface area contributed by atoms with Crippen molar-refractivity contribution in [3.05, 3.63) is 5.89 Å². The molecule has 0 spiro atoms. The summed E-state index contributed by atoms with van der Waals surface area (Å²) in [4.78, 5) is 6.61. The number of rotatable bonds is 4. The van der Waals surface area contributed by atoms with Crippen molar-refractivity contribution in [3.63, 3.8) is 0 Å². The van der Waals surface area contributed by atoms with Crippen molar-refractivity contribution in [2.24, 2.45) is 5.92 Å². The SMILES string of the molecule is C1CNCC(CCc2nc(N3CCOCC3)no2)C1. The Labute approximate surface area is 113 Å². The second-order valence-corrected chi connectivity index (χ2v) is 5.34. The molecular weight excluding hydrogens is 244 g/mol. The van der Waals surface area contributed by atoms with Crippen molar-refractivity contribution in [1.29, 1.82) is 0 Å². The number of piperidine rings is 1. The van der Waals surface area contributed by atoms with Gasteiger partial charge >= 0.3 is 0 Å². The van der Waals surface area contributed by atoms with Gasteiger partial charge in [0.1, 0.15) is 0 Å². The number of hydrogen-bond acceptors (Lipinski definition) is 6. The molecule has 3 rings (SSSR count). The van der Waals surface area contributed by atoms with E-state index in [1.807, 2.05) is 0 Å². The van der Waals surface area contributed by atoms with Gasteiger partial charge in [-0.2, -0.15) is 4.98 Å². The average Bonchev–Trinajstić information content (AvgIpc) is 2.96. The standard InChI is InChI=1S/C13H22N4O2/c1-2-11(10-14-5-1)3-4-12-15-13(16-19-12)17-6-8-18-9-7-17/h11,14H,1-10H2. The highest BCUT2D eigenvalue weighted by atomic mass is 16.5. The van der Waals surface area contributed by atoms with Gasteiger partial charge in [-0.15, -0.1) is 0 Å². The lowest BCUT2D eigenvalue weighted by Gasteiger charge is -2.24. The van der Waals surface area contributed by atoms with Crippen LogP contribution in [-0.2, 0) is 11.2 Å². The third-order valence-corrected chi connectivity index (χ3v) is 3.92. The number of anilines is 1. The van der Waals surface area contributed by atoms with Gasteiger partial charge in [0.25, 0.3) is 5.95 Å². The molecule has 106 valence electrons. The molecule has 2 aliphatic rings. The van der Waals surface area contributed by atoms with E-state index in [1.54, 1.807) is 0 Å². The molecule has 2 aliphatic heterocycles. The molecule has 1 atom stereocenters. The molecule has 1 aromatic rings. The zero-order valence-electron chi connectivity index (χ0n) is 11.3. The highest BCUT2D eigenvalue weighted by Crippen LogP contribution is 2.18. The monoisotopic (exact) mass is 266 g/mol. The van der Waals surface area contributed by atoms with Crippen LogP contribution in [0.2, 0.25) is 0 Å². The first-order valence-corrected chi connectivity index (χ1v) is 7.28. The molecule has 6 heteroatoms. The Morgan fingerprint density at radius 1 is 1.32 bits per heavy atom.